The van der Waals surface area contributed by atoms with E-state index in [9.17, 15) is 4.79 Å². The second kappa shape index (κ2) is 6.75. The zero-order valence-electron chi connectivity index (χ0n) is 10.8. The number of rotatable bonds is 4. The van der Waals surface area contributed by atoms with Crippen molar-refractivity contribution in [1.29, 1.82) is 0 Å². The number of amides is 1. The molecule has 0 unspecified atom stereocenters. The second-order valence-corrected chi connectivity index (χ2v) is 6.59. The molecule has 1 aromatic rings. The summed E-state index contributed by atoms with van der Waals surface area (Å²) in [5.41, 5.74) is 0. The highest BCUT2D eigenvalue weighted by Gasteiger charge is 2.22. The standard InChI is InChI=1S/C14H17Br2NO2/c1-9(14(18)17-11-4-2-3-5-11)19-13-7-6-10(15)8-12(13)16/h6-9,11H,2-5H2,1H3,(H,17,18)/t9-/m0/s1. The van der Waals surface area contributed by atoms with Gasteiger partial charge in [-0.2, -0.15) is 0 Å². The topological polar surface area (TPSA) is 38.3 Å². The molecule has 1 saturated carbocycles. The number of benzene rings is 1. The molecular weight excluding hydrogens is 374 g/mol. The maximum Gasteiger partial charge on any atom is 0.260 e. The molecule has 1 aliphatic rings. The van der Waals surface area contributed by atoms with Gasteiger partial charge in [-0.15, -0.1) is 0 Å². The molecule has 1 fully saturated rings. The van der Waals surface area contributed by atoms with Crippen LogP contribution >= 0.6 is 31.9 Å². The predicted molar refractivity (Wildman–Crippen MR) is 82.3 cm³/mol. The number of carbonyl (C=O) groups excluding carboxylic acids is 1. The van der Waals surface area contributed by atoms with E-state index in [1.165, 1.54) is 12.8 Å². The van der Waals surface area contributed by atoms with Crippen LogP contribution in [0.5, 0.6) is 5.75 Å². The summed E-state index contributed by atoms with van der Waals surface area (Å²) in [6.45, 7) is 1.78. The molecule has 1 aliphatic carbocycles. The Morgan fingerprint density at radius 1 is 1.37 bits per heavy atom. The molecule has 0 bridgehead atoms. The maximum atomic E-state index is 12.0. The quantitative estimate of drug-likeness (QED) is 0.842. The Morgan fingerprint density at radius 3 is 2.68 bits per heavy atom. The molecule has 2 rings (SSSR count). The van der Waals surface area contributed by atoms with Crippen LogP contribution in [0.4, 0.5) is 0 Å². The lowest BCUT2D eigenvalue weighted by atomic mass is 10.2. The summed E-state index contributed by atoms with van der Waals surface area (Å²) in [4.78, 5) is 12.0. The zero-order valence-corrected chi connectivity index (χ0v) is 14.0. The summed E-state index contributed by atoms with van der Waals surface area (Å²) in [5, 5.41) is 3.04. The van der Waals surface area contributed by atoms with Crippen LogP contribution in [-0.2, 0) is 4.79 Å². The molecule has 0 radical (unpaired) electrons. The summed E-state index contributed by atoms with van der Waals surface area (Å²) in [5.74, 6) is 0.638. The molecule has 3 nitrogen and oxygen atoms in total. The van der Waals surface area contributed by atoms with Crippen molar-refractivity contribution < 1.29 is 9.53 Å². The van der Waals surface area contributed by atoms with Gasteiger partial charge in [0.15, 0.2) is 6.10 Å². The van der Waals surface area contributed by atoms with Crippen molar-refractivity contribution in [3.8, 4) is 5.75 Å². The van der Waals surface area contributed by atoms with Gasteiger partial charge in [0.25, 0.3) is 5.91 Å². The SMILES string of the molecule is C[C@H](Oc1ccc(Br)cc1Br)C(=O)NC1CCCC1. The average Bonchev–Trinajstić information content (AvgIpc) is 2.85. The van der Waals surface area contributed by atoms with Crippen molar-refractivity contribution >= 4 is 37.8 Å². The summed E-state index contributed by atoms with van der Waals surface area (Å²) >= 11 is 6.81. The number of hydrogen-bond donors (Lipinski definition) is 1. The Hall–Kier alpha value is -0.550. The molecule has 1 aromatic carbocycles. The Kier molecular flexibility index (Phi) is 5.28. The van der Waals surface area contributed by atoms with Gasteiger partial charge in [-0.05, 0) is 53.9 Å². The number of hydrogen-bond acceptors (Lipinski definition) is 2. The van der Waals surface area contributed by atoms with E-state index in [4.69, 9.17) is 4.74 Å². The predicted octanol–water partition coefficient (Wildman–Crippen LogP) is 4.04. The van der Waals surface area contributed by atoms with Crippen LogP contribution in [0.1, 0.15) is 32.6 Å². The highest BCUT2D eigenvalue weighted by atomic mass is 79.9. The first-order chi connectivity index (χ1) is 9.06. The Morgan fingerprint density at radius 2 is 2.05 bits per heavy atom. The third-order valence-electron chi connectivity index (χ3n) is 3.27. The zero-order chi connectivity index (χ0) is 13.8. The van der Waals surface area contributed by atoms with Gasteiger partial charge in [-0.3, -0.25) is 4.79 Å². The van der Waals surface area contributed by atoms with Crippen molar-refractivity contribution in [3.63, 3.8) is 0 Å². The van der Waals surface area contributed by atoms with E-state index in [1.807, 2.05) is 18.2 Å². The van der Waals surface area contributed by atoms with Gasteiger partial charge in [0.05, 0.1) is 4.47 Å². The first-order valence-corrected chi connectivity index (χ1v) is 8.07. The van der Waals surface area contributed by atoms with E-state index in [0.29, 0.717) is 11.8 Å². The summed E-state index contributed by atoms with van der Waals surface area (Å²) in [6, 6.07) is 5.96. The second-order valence-electron chi connectivity index (χ2n) is 4.82. The minimum absolute atomic E-state index is 0.0401. The molecular formula is C14H17Br2NO2. The van der Waals surface area contributed by atoms with Crippen molar-refractivity contribution in [1.82, 2.24) is 5.32 Å². The van der Waals surface area contributed by atoms with Gasteiger partial charge in [0.1, 0.15) is 5.75 Å². The average molecular weight is 391 g/mol. The Bertz CT molecular complexity index is 459. The van der Waals surface area contributed by atoms with E-state index in [0.717, 1.165) is 21.8 Å². The third kappa shape index (κ3) is 4.21. The van der Waals surface area contributed by atoms with Gasteiger partial charge < -0.3 is 10.1 Å². The first-order valence-electron chi connectivity index (χ1n) is 6.48. The summed E-state index contributed by atoms with van der Waals surface area (Å²) < 4.78 is 7.50. The van der Waals surface area contributed by atoms with Crippen molar-refractivity contribution in [3.05, 3.63) is 27.1 Å². The number of carbonyl (C=O) groups is 1. The molecule has 19 heavy (non-hydrogen) atoms. The van der Waals surface area contributed by atoms with Crippen LogP contribution in [0.15, 0.2) is 27.1 Å². The highest BCUT2D eigenvalue weighted by Crippen LogP contribution is 2.29. The van der Waals surface area contributed by atoms with Gasteiger partial charge in [0.2, 0.25) is 0 Å². The summed E-state index contributed by atoms with van der Waals surface area (Å²) in [6.07, 6.45) is 4.09. The van der Waals surface area contributed by atoms with Gasteiger partial charge in [-0.25, -0.2) is 0 Å². The van der Waals surface area contributed by atoms with Gasteiger partial charge in [-0.1, -0.05) is 28.8 Å². The smallest absolute Gasteiger partial charge is 0.260 e. The van der Waals surface area contributed by atoms with E-state index >= 15 is 0 Å². The van der Waals surface area contributed by atoms with Crippen LogP contribution < -0.4 is 10.1 Å². The summed E-state index contributed by atoms with van der Waals surface area (Å²) in [7, 11) is 0. The number of ether oxygens (including phenoxy) is 1. The Balaban J connectivity index is 1.92. The molecule has 0 aromatic heterocycles. The van der Waals surface area contributed by atoms with Crippen molar-refractivity contribution in [2.45, 2.75) is 44.8 Å². The molecule has 1 N–H and O–H groups in total. The van der Waals surface area contributed by atoms with E-state index in [-0.39, 0.29) is 5.91 Å². The van der Waals surface area contributed by atoms with Crippen LogP contribution in [0.25, 0.3) is 0 Å². The van der Waals surface area contributed by atoms with E-state index < -0.39 is 6.10 Å². The lowest BCUT2D eigenvalue weighted by molar-refractivity contribution is -0.128. The molecule has 0 heterocycles. The van der Waals surface area contributed by atoms with Crippen LogP contribution in [-0.4, -0.2) is 18.1 Å². The van der Waals surface area contributed by atoms with E-state index in [1.54, 1.807) is 6.92 Å². The molecule has 1 amide bonds. The fraction of sp³-hybridized carbons (Fsp3) is 0.500. The van der Waals surface area contributed by atoms with Crippen molar-refractivity contribution in [2.75, 3.05) is 0 Å². The maximum absolute atomic E-state index is 12.0. The third-order valence-corrected chi connectivity index (χ3v) is 4.38. The highest BCUT2D eigenvalue weighted by molar-refractivity contribution is 9.11. The van der Waals surface area contributed by atoms with Gasteiger partial charge in [0, 0.05) is 10.5 Å². The first kappa shape index (κ1) is 14.9. The van der Waals surface area contributed by atoms with Crippen LogP contribution in [0.3, 0.4) is 0 Å². The van der Waals surface area contributed by atoms with E-state index in [2.05, 4.69) is 37.2 Å². The molecule has 104 valence electrons. The lowest BCUT2D eigenvalue weighted by Gasteiger charge is -2.18. The largest absolute Gasteiger partial charge is 0.480 e. The molecule has 0 spiro atoms. The fourth-order valence-electron chi connectivity index (χ4n) is 2.20. The minimum Gasteiger partial charge on any atom is -0.480 e. The normalized spacial score (nSPS) is 17.2. The van der Waals surface area contributed by atoms with Crippen LogP contribution in [0.2, 0.25) is 0 Å². The minimum atomic E-state index is -0.488. The molecule has 1 atom stereocenters. The lowest BCUT2D eigenvalue weighted by Crippen LogP contribution is -2.41. The molecule has 5 heteroatoms. The number of halogens is 2. The fourth-order valence-corrected chi connectivity index (χ4v) is 3.34. The molecule has 0 saturated heterocycles. The van der Waals surface area contributed by atoms with Gasteiger partial charge >= 0.3 is 0 Å². The van der Waals surface area contributed by atoms with Crippen LogP contribution in [0, 0.1) is 0 Å². The monoisotopic (exact) mass is 389 g/mol. The Labute approximate surface area is 130 Å². The molecule has 0 aliphatic heterocycles. The number of nitrogens with one attached hydrogen (secondary N) is 1. The van der Waals surface area contributed by atoms with Crippen molar-refractivity contribution in [2.24, 2.45) is 0 Å².